The van der Waals surface area contributed by atoms with Crippen molar-refractivity contribution in [1.29, 1.82) is 0 Å². The Kier molecular flexibility index (Phi) is 2.98. The molecule has 1 aliphatic heterocycles. The molecular weight excluding hydrogens is 284 g/mol. The van der Waals surface area contributed by atoms with E-state index >= 15 is 0 Å². The van der Waals surface area contributed by atoms with Crippen molar-refractivity contribution in [3.8, 4) is 5.75 Å². The summed E-state index contributed by atoms with van der Waals surface area (Å²) < 4.78 is 5.86. The van der Waals surface area contributed by atoms with Gasteiger partial charge in [-0.05, 0) is 55.6 Å². The molecule has 3 bridgehead atoms. The van der Waals surface area contributed by atoms with Gasteiger partial charge in [0.1, 0.15) is 12.4 Å². The first-order valence-corrected chi connectivity index (χ1v) is 9.21. The molecule has 2 nitrogen and oxygen atoms in total. The van der Waals surface area contributed by atoms with E-state index in [1.165, 1.54) is 25.7 Å². The first-order chi connectivity index (χ1) is 11.2. The lowest BCUT2D eigenvalue weighted by molar-refractivity contribution is -0.127. The maximum atomic E-state index is 13.4. The number of benzene rings is 1. The Morgan fingerprint density at radius 1 is 1.09 bits per heavy atom. The maximum absolute atomic E-state index is 13.4. The molecule has 2 heteroatoms. The molecular formula is C21H24O2. The quantitative estimate of drug-likeness (QED) is 0.795. The van der Waals surface area contributed by atoms with Crippen LogP contribution < -0.4 is 4.74 Å². The molecule has 3 saturated carbocycles. The van der Waals surface area contributed by atoms with Gasteiger partial charge in [0, 0.05) is 16.6 Å². The largest absolute Gasteiger partial charge is 0.488 e. The standard InChI is InChI=1S/C21H24O2/c22-20(18-9-15-5-1-2-7-19(15)23-13-18)21-10-14-4-3-6-16(11-21)17(8-14)12-21/h1-2,5,7,9,14,16-17H,3-4,6,8,10-13H2. The Morgan fingerprint density at radius 3 is 2.91 bits per heavy atom. The van der Waals surface area contributed by atoms with Gasteiger partial charge in [0.2, 0.25) is 0 Å². The second-order valence-electron chi connectivity index (χ2n) is 8.27. The highest BCUT2D eigenvalue weighted by Crippen LogP contribution is 2.61. The van der Waals surface area contributed by atoms with Gasteiger partial charge in [0.05, 0.1) is 0 Å². The highest BCUT2D eigenvalue weighted by Gasteiger charge is 2.55. The van der Waals surface area contributed by atoms with Crippen molar-refractivity contribution in [1.82, 2.24) is 0 Å². The molecule has 4 aliphatic rings. The van der Waals surface area contributed by atoms with E-state index in [4.69, 9.17) is 4.74 Å². The van der Waals surface area contributed by atoms with Gasteiger partial charge < -0.3 is 4.74 Å². The minimum absolute atomic E-state index is 0.0554. The summed E-state index contributed by atoms with van der Waals surface area (Å²) in [5.74, 6) is 3.74. The molecule has 4 unspecified atom stereocenters. The molecule has 0 N–H and O–H groups in total. The zero-order valence-corrected chi connectivity index (χ0v) is 13.6. The molecule has 0 saturated heterocycles. The van der Waals surface area contributed by atoms with Crippen molar-refractivity contribution < 1.29 is 9.53 Å². The van der Waals surface area contributed by atoms with Crippen molar-refractivity contribution in [3.63, 3.8) is 0 Å². The highest BCUT2D eigenvalue weighted by molar-refractivity contribution is 6.04. The van der Waals surface area contributed by atoms with Gasteiger partial charge in [-0.1, -0.05) is 37.5 Å². The van der Waals surface area contributed by atoms with Crippen LogP contribution in [0.15, 0.2) is 29.8 Å². The van der Waals surface area contributed by atoms with E-state index in [1.807, 2.05) is 24.3 Å². The van der Waals surface area contributed by atoms with E-state index in [9.17, 15) is 4.79 Å². The Hall–Kier alpha value is -1.57. The SMILES string of the molecule is O=C(C1=Cc2ccccc2OC1)C12CC3CCCC(C1)C(C3)C2. The fraction of sp³-hybridized carbons (Fsp3) is 0.571. The average Bonchev–Trinajstić information content (AvgIpc) is 2.75. The Bertz CT molecular complexity index is 685. The van der Waals surface area contributed by atoms with E-state index in [1.54, 1.807) is 0 Å². The van der Waals surface area contributed by atoms with E-state index in [0.29, 0.717) is 12.4 Å². The molecule has 0 spiro atoms. The topological polar surface area (TPSA) is 26.3 Å². The summed E-state index contributed by atoms with van der Waals surface area (Å²) in [6.45, 7) is 0.456. The second-order valence-corrected chi connectivity index (χ2v) is 8.27. The van der Waals surface area contributed by atoms with Gasteiger partial charge in [0.15, 0.2) is 5.78 Å². The maximum Gasteiger partial charge on any atom is 0.168 e. The van der Waals surface area contributed by atoms with Crippen LogP contribution in [0, 0.1) is 23.2 Å². The molecule has 1 heterocycles. The fourth-order valence-electron chi connectivity index (χ4n) is 6.02. The number of hydrogen-bond acceptors (Lipinski definition) is 2. The summed E-state index contributed by atoms with van der Waals surface area (Å²) in [6, 6.07) is 8.04. The number of rotatable bonds is 2. The lowest BCUT2D eigenvalue weighted by atomic mass is 9.66. The second kappa shape index (κ2) is 4.96. The van der Waals surface area contributed by atoms with Crippen LogP contribution >= 0.6 is 0 Å². The van der Waals surface area contributed by atoms with Crippen molar-refractivity contribution >= 4 is 11.9 Å². The Morgan fingerprint density at radius 2 is 1.96 bits per heavy atom. The van der Waals surface area contributed by atoms with Crippen LogP contribution in [0.3, 0.4) is 0 Å². The molecule has 5 rings (SSSR count). The van der Waals surface area contributed by atoms with Gasteiger partial charge in [-0.15, -0.1) is 0 Å². The van der Waals surface area contributed by atoms with Gasteiger partial charge >= 0.3 is 0 Å². The summed E-state index contributed by atoms with van der Waals surface area (Å²) in [6.07, 6.45) is 11.0. The van der Waals surface area contributed by atoms with Crippen LogP contribution in [0.4, 0.5) is 0 Å². The molecule has 0 amide bonds. The number of carbonyl (C=O) groups excluding carboxylic acids is 1. The predicted molar refractivity (Wildman–Crippen MR) is 90.1 cm³/mol. The monoisotopic (exact) mass is 308 g/mol. The normalized spacial score (nSPS) is 37.6. The third kappa shape index (κ3) is 2.10. The summed E-state index contributed by atoms with van der Waals surface area (Å²) in [5.41, 5.74) is 1.91. The summed E-state index contributed by atoms with van der Waals surface area (Å²) in [7, 11) is 0. The number of ether oxygens (including phenoxy) is 1. The third-order valence-corrected chi connectivity index (χ3v) is 6.88. The van der Waals surface area contributed by atoms with Gasteiger partial charge in [-0.3, -0.25) is 4.79 Å². The first-order valence-electron chi connectivity index (χ1n) is 9.21. The van der Waals surface area contributed by atoms with Crippen molar-refractivity contribution in [2.75, 3.05) is 6.61 Å². The zero-order chi connectivity index (χ0) is 15.4. The van der Waals surface area contributed by atoms with Gasteiger partial charge in [-0.25, -0.2) is 0 Å². The molecule has 3 aliphatic carbocycles. The van der Waals surface area contributed by atoms with E-state index in [0.717, 1.165) is 53.9 Å². The van der Waals surface area contributed by atoms with Crippen molar-refractivity contribution in [2.24, 2.45) is 23.2 Å². The van der Waals surface area contributed by atoms with Gasteiger partial charge in [0.25, 0.3) is 0 Å². The molecule has 120 valence electrons. The van der Waals surface area contributed by atoms with Crippen molar-refractivity contribution in [3.05, 3.63) is 35.4 Å². The van der Waals surface area contributed by atoms with Gasteiger partial charge in [-0.2, -0.15) is 0 Å². The molecule has 23 heavy (non-hydrogen) atoms. The predicted octanol–water partition coefficient (Wildman–Crippen LogP) is 4.64. The minimum Gasteiger partial charge on any atom is -0.488 e. The Labute approximate surface area is 137 Å². The smallest absolute Gasteiger partial charge is 0.168 e. The zero-order valence-electron chi connectivity index (χ0n) is 13.6. The van der Waals surface area contributed by atoms with Crippen molar-refractivity contribution in [2.45, 2.75) is 44.9 Å². The lowest BCUT2D eigenvalue weighted by Crippen LogP contribution is -2.37. The molecule has 3 fully saturated rings. The number of ketones is 1. The molecule has 4 atom stereocenters. The molecule has 0 aromatic heterocycles. The first kappa shape index (κ1) is 13.8. The summed E-state index contributed by atoms with van der Waals surface area (Å²) >= 11 is 0. The lowest BCUT2D eigenvalue weighted by Gasteiger charge is -2.37. The number of Topliss-reactive ketones (excluding diaryl/α,β-unsaturated/α-hetero) is 1. The van der Waals surface area contributed by atoms with E-state index < -0.39 is 0 Å². The van der Waals surface area contributed by atoms with Crippen LogP contribution in [-0.4, -0.2) is 12.4 Å². The molecule has 1 aromatic carbocycles. The Balaban J connectivity index is 1.49. The van der Waals surface area contributed by atoms with Crippen LogP contribution in [0.25, 0.3) is 6.08 Å². The van der Waals surface area contributed by atoms with E-state index in [-0.39, 0.29) is 5.41 Å². The van der Waals surface area contributed by atoms with Crippen LogP contribution in [0.2, 0.25) is 0 Å². The van der Waals surface area contributed by atoms with Crippen LogP contribution in [0.5, 0.6) is 5.75 Å². The number of fused-ring (bicyclic) bond motifs is 3. The summed E-state index contributed by atoms with van der Waals surface area (Å²) in [5, 5.41) is 0. The molecule has 0 radical (unpaired) electrons. The molecule has 1 aromatic rings. The number of hydrogen-bond donors (Lipinski definition) is 0. The van der Waals surface area contributed by atoms with E-state index in [2.05, 4.69) is 6.08 Å². The highest BCUT2D eigenvalue weighted by atomic mass is 16.5. The van der Waals surface area contributed by atoms with Crippen LogP contribution in [-0.2, 0) is 4.79 Å². The minimum atomic E-state index is -0.0554. The summed E-state index contributed by atoms with van der Waals surface area (Å²) in [4.78, 5) is 13.4. The van der Waals surface area contributed by atoms with Crippen LogP contribution in [0.1, 0.15) is 50.5 Å². The fourth-order valence-corrected chi connectivity index (χ4v) is 6.02. The average molecular weight is 308 g/mol. The number of para-hydroxylation sites is 1. The number of carbonyl (C=O) groups is 1. The third-order valence-electron chi connectivity index (χ3n) is 6.88.